The number of allylic oxidation sites excluding steroid dienone is 2. The lowest BCUT2D eigenvalue weighted by atomic mass is 9.46. The zero-order chi connectivity index (χ0) is 22.5. The lowest BCUT2D eigenvalue weighted by Gasteiger charge is -2.56. The third-order valence-corrected chi connectivity index (χ3v) is 8.18. The fraction of sp³-hybridized carbons (Fsp3) is 0.500. The fourth-order valence-corrected chi connectivity index (χ4v) is 6.51. The zero-order valence-electron chi connectivity index (χ0n) is 18.8. The van der Waals surface area contributed by atoms with Crippen LogP contribution in [-0.4, -0.2) is 24.0 Å². The maximum atomic E-state index is 13.1. The summed E-state index contributed by atoms with van der Waals surface area (Å²) < 4.78 is 15.9. The van der Waals surface area contributed by atoms with Crippen LogP contribution in [0.25, 0.3) is 0 Å². The van der Waals surface area contributed by atoms with E-state index >= 15 is 0 Å². The van der Waals surface area contributed by atoms with Crippen molar-refractivity contribution in [1.29, 1.82) is 0 Å². The van der Waals surface area contributed by atoms with E-state index in [1.807, 2.05) is 6.07 Å². The fourth-order valence-electron chi connectivity index (χ4n) is 6.51. The second-order valence-corrected chi connectivity index (χ2v) is 9.67. The van der Waals surface area contributed by atoms with Crippen molar-refractivity contribution in [2.75, 3.05) is 7.11 Å². The van der Waals surface area contributed by atoms with Crippen LogP contribution in [0.15, 0.2) is 40.9 Å². The highest BCUT2D eigenvalue weighted by molar-refractivity contribution is 5.98. The molecule has 0 amide bonds. The monoisotopic (exact) mass is 435 g/mol. The van der Waals surface area contributed by atoms with Crippen LogP contribution in [-0.2, 0) is 33.8 Å². The van der Waals surface area contributed by atoms with E-state index in [9.17, 15) is 9.59 Å². The van der Waals surface area contributed by atoms with Crippen LogP contribution in [0, 0.1) is 16.7 Å². The molecule has 0 spiro atoms. The van der Waals surface area contributed by atoms with Crippen LogP contribution >= 0.6 is 0 Å². The quantitative estimate of drug-likeness (QED) is 0.641. The van der Waals surface area contributed by atoms with Crippen molar-refractivity contribution in [3.63, 3.8) is 0 Å². The Morgan fingerprint density at radius 1 is 1.28 bits per heavy atom. The first-order chi connectivity index (χ1) is 15.4. The van der Waals surface area contributed by atoms with Gasteiger partial charge in [-0.2, -0.15) is 0 Å². The number of hydrogen-bond acceptors (Lipinski definition) is 6. The first-order valence-electron chi connectivity index (χ1n) is 11.3. The molecular formula is C26H29NO5. The van der Waals surface area contributed by atoms with Crippen molar-refractivity contribution in [2.45, 2.75) is 58.5 Å². The molecule has 168 valence electrons. The van der Waals surface area contributed by atoms with Crippen LogP contribution < -0.4 is 4.74 Å². The van der Waals surface area contributed by atoms with Gasteiger partial charge in [0.1, 0.15) is 5.75 Å². The van der Waals surface area contributed by atoms with Crippen molar-refractivity contribution < 1.29 is 23.6 Å². The third kappa shape index (κ3) is 3.11. The first kappa shape index (κ1) is 21.0. The molecule has 6 nitrogen and oxygen atoms in total. The van der Waals surface area contributed by atoms with E-state index in [2.05, 4.69) is 36.4 Å². The molecule has 0 radical (unpaired) electrons. The number of aryl methyl sites for hydroxylation is 1. The molecule has 1 saturated carbocycles. The van der Waals surface area contributed by atoms with E-state index in [-0.39, 0.29) is 23.8 Å². The summed E-state index contributed by atoms with van der Waals surface area (Å²) in [6.45, 7) is 3.58. The number of nitrogens with zero attached hydrogens (tertiary/aromatic N) is 1. The van der Waals surface area contributed by atoms with Crippen LogP contribution in [0.5, 0.6) is 5.75 Å². The number of benzene rings is 1. The summed E-state index contributed by atoms with van der Waals surface area (Å²) >= 11 is 0. The Morgan fingerprint density at radius 3 is 2.91 bits per heavy atom. The molecule has 3 aliphatic rings. The Balaban J connectivity index is 1.50. The van der Waals surface area contributed by atoms with Crippen LogP contribution in [0.4, 0.5) is 0 Å². The highest BCUT2D eigenvalue weighted by Gasteiger charge is 2.62. The predicted molar refractivity (Wildman–Crippen MR) is 117 cm³/mol. The topological polar surface area (TPSA) is 78.6 Å². The van der Waals surface area contributed by atoms with Gasteiger partial charge in [0, 0.05) is 30.2 Å². The SMILES string of the molecule is COc1ccc2c(c1)CC[C@@H]1[C@@H]2CC[C@]2(C)C(=O)C=C[C@]12Cc1cc(COC(C)=O)on1. The smallest absolute Gasteiger partial charge is 0.303 e. The van der Waals surface area contributed by atoms with Crippen LogP contribution in [0.2, 0.25) is 0 Å². The van der Waals surface area contributed by atoms with Gasteiger partial charge in [0.15, 0.2) is 18.2 Å². The molecule has 5 rings (SSSR count). The third-order valence-electron chi connectivity index (χ3n) is 8.18. The Morgan fingerprint density at radius 2 is 2.12 bits per heavy atom. The van der Waals surface area contributed by atoms with Gasteiger partial charge >= 0.3 is 5.97 Å². The molecule has 2 aromatic rings. The number of ether oxygens (including phenoxy) is 2. The van der Waals surface area contributed by atoms with E-state index in [0.29, 0.717) is 24.0 Å². The van der Waals surface area contributed by atoms with E-state index in [4.69, 9.17) is 14.0 Å². The molecule has 32 heavy (non-hydrogen) atoms. The number of aromatic nitrogens is 1. The lowest BCUT2D eigenvalue weighted by molar-refractivity contribution is -0.142. The van der Waals surface area contributed by atoms with Crippen LogP contribution in [0.3, 0.4) is 0 Å². The van der Waals surface area contributed by atoms with Gasteiger partial charge < -0.3 is 14.0 Å². The summed E-state index contributed by atoms with van der Waals surface area (Å²) in [6, 6.07) is 8.30. The normalized spacial score (nSPS) is 30.4. The number of carbonyl (C=O) groups excluding carboxylic acids is 2. The van der Waals surface area contributed by atoms with Gasteiger partial charge in [-0.1, -0.05) is 24.2 Å². The molecule has 0 saturated heterocycles. The number of fused-ring (bicyclic) bond motifs is 5. The summed E-state index contributed by atoms with van der Waals surface area (Å²) in [5.41, 5.74) is 2.82. The Bertz CT molecular complexity index is 1100. The van der Waals surface area contributed by atoms with Gasteiger partial charge in [-0.3, -0.25) is 9.59 Å². The average Bonchev–Trinajstić information content (AvgIpc) is 3.34. The first-order valence-corrected chi connectivity index (χ1v) is 11.3. The zero-order valence-corrected chi connectivity index (χ0v) is 18.8. The number of rotatable bonds is 5. The lowest BCUT2D eigenvalue weighted by Crippen LogP contribution is -2.53. The van der Waals surface area contributed by atoms with E-state index in [0.717, 1.165) is 37.1 Å². The molecule has 3 aliphatic carbocycles. The summed E-state index contributed by atoms with van der Waals surface area (Å²) in [6.07, 6.45) is 8.46. The summed E-state index contributed by atoms with van der Waals surface area (Å²) in [4.78, 5) is 24.2. The number of ketones is 1. The molecule has 4 atom stereocenters. The number of hydrogen-bond donors (Lipinski definition) is 0. The molecule has 1 fully saturated rings. The molecular weight excluding hydrogens is 406 g/mol. The van der Waals surface area contributed by atoms with Crippen LogP contribution in [0.1, 0.15) is 61.6 Å². The molecule has 1 aromatic carbocycles. The van der Waals surface area contributed by atoms with Gasteiger partial charge in [-0.05, 0) is 66.9 Å². The minimum atomic E-state index is -0.437. The van der Waals surface area contributed by atoms with Crippen molar-refractivity contribution in [3.05, 3.63) is 59.0 Å². The van der Waals surface area contributed by atoms with Gasteiger partial charge in [0.05, 0.1) is 12.8 Å². The van der Waals surface area contributed by atoms with Crippen molar-refractivity contribution in [3.8, 4) is 5.75 Å². The second-order valence-electron chi connectivity index (χ2n) is 9.67. The largest absolute Gasteiger partial charge is 0.497 e. The standard InChI is InChI=1S/C26H29NO5/c1-16(28)31-15-20-13-18(27-32-20)14-26-11-9-24(29)25(26,2)10-8-22-21-6-5-19(30-3)12-17(21)4-7-23(22)26/h5-6,9,11-13,22-23H,4,7-8,10,14-15H2,1-3H3/t22-,23-,25-,26+/m1/s1. The summed E-state index contributed by atoms with van der Waals surface area (Å²) in [5.74, 6) is 2.04. The minimum absolute atomic E-state index is 0.0721. The molecule has 0 aliphatic heterocycles. The van der Waals surface area contributed by atoms with Crippen molar-refractivity contribution in [1.82, 2.24) is 5.16 Å². The molecule has 0 unspecified atom stereocenters. The Kier molecular flexibility index (Phi) is 4.99. The van der Waals surface area contributed by atoms with E-state index in [1.54, 1.807) is 13.2 Å². The van der Waals surface area contributed by atoms with Gasteiger partial charge in [-0.25, -0.2) is 0 Å². The maximum absolute atomic E-state index is 13.1. The van der Waals surface area contributed by atoms with Gasteiger partial charge in [-0.15, -0.1) is 0 Å². The maximum Gasteiger partial charge on any atom is 0.303 e. The van der Waals surface area contributed by atoms with Gasteiger partial charge in [0.2, 0.25) is 0 Å². The molecule has 1 aromatic heterocycles. The number of esters is 1. The van der Waals surface area contributed by atoms with Crippen molar-refractivity contribution >= 4 is 11.8 Å². The van der Waals surface area contributed by atoms with E-state index in [1.165, 1.54) is 18.1 Å². The van der Waals surface area contributed by atoms with Crippen molar-refractivity contribution in [2.24, 2.45) is 16.7 Å². The molecule has 0 bridgehead atoms. The Labute approximate surface area is 188 Å². The predicted octanol–water partition coefficient (Wildman–Crippen LogP) is 4.56. The molecule has 6 heteroatoms. The number of methoxy groups -OCH3 is 1. The second kappa shape index (κ2) is 7.61. The van der Waals surface area contributed by atoms with Gasteiger partial charge in [0.25, 0.3) is 0 Å². The number of carbonyl (C=O) groups is 2. The summed E-state index contributed by atoms with van der Waals surface area (Å²) in [5, 5.41) is 4.28. The highest BCUT2D eigenvalue weighted by Crippen LogP contribution is 2.65. The minimum Gasteiger partial charge on any atom is -0.497 e. The average molecular weight is 436 g/mol. The molecule has 0 N–H and O–H groups in total. The molecule has 1 heterocycles. The summed E-state index contributed by atoms with van der Waals surface area (Å²) in [7, 11) is 1.71. The Hall–Kier alpha value is -2.89. The van der Waals surface area contributed by atoms with E-state index < -0.39 is 5.41 Å². The highest BCUT2D eigenvalue weighted by atomic mass is 16.5.